The highest BCUT2D eigenvalue weighted by Crippen LogP contribution is 2.13. The molecular formula is C20H31NO4. The first kappa shape index (κ1) is 21.2. The van der Waals surface area contributed by atoms with E-state index < -0.39 is 17.7 Å². The van der Waals surface area contributed by atoms with Crippen molar-refractivity contribution in [1.82, 2.24) is 4.90 Å². The number of benzene rings is 1. The Kier molecular flexibility index (Phi) is 8.62. The van der Waals surface area contributed by atoms with Gasteiger partial charge in [-0.25, -0.2) is 4.79 Å². The summed E-state index contributed by atoms with van der Waals surface area (Å²) in [5.74, 6) is 0.0241. The molecule has 5 nitrogen and oxygen atoms in total. The molecule has 0 aliphatic carbocycles. The average molecular weight is 349 g/mol. The van der Waals surface area contributed by atoms with Crippen LogP contribution in [0.1, 0.15) is 53.0 Å². The number of nitrogens with zero attached hydrogens (tertiary/aromatic N) is 1. The summed E-state index contributed by atoms with van der Waals surface area (Å²) in [6.45, 7) is 10.5. The highest BCUT2D eigenvalue weighted by Gasteiger charge is 2.28. The summed E-state index contributed by atoms with van der Waals surface area (Å²) < 4.78 is 11.0. The summed E-state index contributed by atoms with van der Waals surface area (Å²) in [6, 6.07) is 9.43. The van der Waals surface area contributed by atoms with E-state index in [-0.39, 0.29) is 5.78 Å². The van der Waals surface area contributed by atoms with Crippen molar-refractivity contribution < 1.29 is 19.1 Å². The van der Waals surface area contributed by atoms with Crippen LogP contribution >= 0.6 is 0 Å². The number of amides is 1. The Morgan fingerprint density at radius 3 is 2.36 bits per heavy atom. The average Bonchev–Trinajstić information content (AvgIpc) is 2.54. The van der Waals surface area contributed by atoms with Crippen molar-refractivity contribution in [3.05, 3.63) is 35.9 Å². The highest BCUT2D eigenvalue weighted by molar-refractivity contribution is 5.87. The highest BCUT2D eigenvalue weighted by atomic mass is 16.6. The zero-order valence-corrected chi connectivity index (χ0v) is 16.1. The number of carbonyl (C=O) groups excluding carboxylic acids is 2. The van der Waals surface area contributed by atoms with Gasteiger partial charge in [-0.05, 0) is 46.6 Å². The smallest absolute Gasteiger partial charge is 0.410 e. The summed E-state index contributed by atoms with van der Waals surface area (Å²) in [5, 5.41) is 0. The third kappa shape index (κ3) is 8.16. The molecule has 1 rings (SSSR count). The van der Waals surface area contributed by atoms with Gasteiger partial charge in [0, 0.05) is 19.6 Å². The lowest BCUT2D eigenvalue weighted by Crippen LogP contribution is -2.45. The number of hydrogen-bond acceptors (Lipinski definition) is 4. The van der Waals surface area contributed by atoms with Gasteiger partial charge in [0.05, 0.1) is 12.6 Å². The maximum absolute atomic E-state index is 12.3. The second-order valence-corrected chi connectivity index (χ2v) is 7.05. The van der Waals surface area contributed by atoms with Crippen LogP contribution in [-0.2, 0) is 20.9 Å². The van der Waals surface area contributed by atoms with Crippen molar-refractivity contribution in [2.75, 3.05) is 13.2 Å². The number of rotatable bonds is 9. The molecular weight excluding hydrogens is 318 g/mol. The molecule has 0 saturated carbocycles. The van der Waals surface area contributed by atoms with E-state index in [1.165, 1.54) is 4.90 Å². The molecule has 1 atom stereocenters. The lowest BCUT2D eigenvalue weighted by atomic mass is 10.1. The van der Waals surface area contributed by atoms with Crippen LogP contribution in [0.5, 0.6) is 0 Å². The Hall–Kier alpha value is -1.88. The molecule has 0 heterocycles. The van der Waals surface area contributed by atoms with Gasteiger partial charge in [0.2, 0.25) is 0 Å². The number of carbonyl (C=O) groups is 2. The van der Waals surface area contributed by atoms with Gasteiger partial charge in [-0.15, -0.1) is 0 Å². The minimum atomic E-state index is -0.571. The van der Waals surface area contributed by atoms with E-state index in [1.807, 2.05) is 58.0 Å². The van der Waals surface area contributed by atoms with E-state index in [0.717, 1.165) is 5.56 Å². The van der Waals surface area contributed by atoms with Crippen molar-refractivity contribution in [1.29, 1.82) is 0 Å². The molecule has 0 fully saturated rings. The fourth-order valence-electron chi connectivity index (χ4n) is 2.38. The van der Waals surface area contributed by atoms with E-state index in [1.54, 1.807) is 6.92 Å². The maximum Gasteiger partial charge on any atom is 0.410 e. The van der Waals surface area contributed by atoms with Gasteiger partial charge in [-0.2, -0.15) is 0 Å². The third-order valence-electron chi connectivity index (χ3n) is 3.73. The topological polar surface area (TPSA) is 55.8 Å². The van der Waals surface area contributed by atoms with E-state index in [9.17, 15) is 9.59 Å². The number of hydrogen-bond donors (Lipinski definition) is 0. The van der Waals surface area contributed by atoms with Crippen molar-refractivity contribution in [3.63, 3.8) is 0 Å². The zero-order chi connectivity index (χ0) is 18.9. The quantitative estimate of drug-likeness (QED) is 0.627. The van der Waals surface area contributed by atoms with Gasteiger partial charge in [-0.3, -0.25) is 9.69 Å². The van der Waals surface area contributed by atoms with E-state index in [0.29, 0.717) is 32.6 Å². The zero-order valence-electron chi connectivity index (χ0n) is 16.1. The van der Waals surface area contributed by atoms with E-state index in [2.05, 4.69) is 0 Å². The fraction of sp³-hybridized carbons (Fsp3) is 0.600. The van der Waals surface area contributed by atoms with Crippen LogP contribution in [0.2, 0.25) is 0 Å². The van der Waals surface area contributed by atoms with Gasteiger partial charge in [0.15, 0.2) is 5.78 Å². The number of ketones is 1. The molecule has 1 amide bonds. The van der Waals surface area contributed by atoms with Crippen molar-refractivity contribution in [2.24, 2.45) is 0 Å². The molecule has 1 unspecified atom stereocenters. The van der Waals surface area contributed by atoms with Gasteiger partial charge in [-0.1, -0.05) is 30.3 Å². The summed E-state index contributed by atoms with van der Waals surface area (Å²) >= 11 is 0. The van der Waals surface area contributed by atoms with Crippen LogP contribution in [-0.4, -0.2) is 41.6 Å². The number of Topliss-reactive ketones (excluding diaryl/α,β-unsaturated/α-hetero) is 1. The van der Waals surface area contributed by atoms with E-state index >= 15 is 0 Å². The molecule has 25 heavy (non-hydrogen) atoms. The molecule has 0 aromatic heterocycles. The fourth-order valence-corrected chi connectivity index (χ4v) is 2.38. The molecule has 5 heteroatoms. The normalized spacial score (nSPS) is 12.5. The first-order valence-electron chi connectivity index (χ1n) is 8.88. The van der Waals surface area contributed by atoms with Gasteiger partial charge in [0.25, 0.3) is 0 Å². The van der Waals surface area contributed by atoms with Crippen LogP contribution in [0.3, 0.4) is 0 Å². The second kappa shape index (κ2) is 10.2. The molecule has 1 aromatic rings. The first-order chi connectivity index (χ1) is 11.7. The maximum atomic E-state index is 12.3. The monoisotopic (exact) mass is 349 g/mol. The molecule has 1 aromatic carbocycles. The predicted octanol–water partition coefficient (Wildman–Crippen LogP) is 4.20. The third-order valence-corrected chi connectivity index (χ3v) is 3.73. The summed E-state index contributed by atoms with van der Waals surface area (Å²) in [7, 11) is 0. The molecule has 0 radical (unpaired) electrons. The summed E-state index contributed by atoms with van der Waals surface area (Å²) in [6.07, 6.45) is 0.577. The predicted molar refractivity (Wildman–Crippen MR) is 98.4 cm³/mol. The molecule has 0 saturated heterocycles. The van der Waals surface area contributed by atoms with Crippen LogP contribution in [0.25, 0.3) is 0 Å². The summed E-state index contributed by atoms with van der Waals surface area (Å²) in [5.41, 5.74) is 0.544. The Balaban J connectivity index is 2.35. The molecule has 0 spiro atoms. The molecule has 0 N–H and O–H groups in total. The van der Waals surface area contributed by atoms with E-state index in [4.69, 9.17) is 9.47 Å². The lowest BCUT2D eigenvalue weighted by molar-refractivity contribution is -0.124. The minimum Gasteiger partial charge on any atom is -0.444 e. The molecule has 0 aliphatic heterocycles. The summed E-state index contributed by atoms with van der Waals surface area (Å²) in [4.78, 5) is 26.0. The van der Waals surface area contributed by atoms with Gasteiger partial charge >= 0.3 is 6.09 Å². The van der Waals surface area contributed by atoms with Crippen molar-refractivity contribution in [3.8, 4) is 0 Å². The Morgan fingerprint density at radius 1 is 1.16 bits per heavy atom. The standard InChI is InChI=1S/C20H31NO4/c1-6-21(19(23)25-20(3,4)5)16(2)18(22)13-10-14-24-15-17-11-8-7-9-12-17/h7-9,11-12,16H,6,10,13-15H2,1-5H3. The Morgan fingerprint density at radius 2 is 1.80 bits per heavy atom. The van der Waals surface area contributed by atoms with Crippen molar-refractivity contribution in [2.45, 2.75) is 65.7 Å². The van der Waals surface area contributed by atoms with Crippen molar-refractivity contribution >= 4 is 11.9 Å². The van der Waals surface area contributed by atoms with Gasteiger partial charge in [0.1, 0.15) is 5.60 Å². The first-order valence-corrected chi connectivity index (χ1v) is 8.88. The molecule has 0 aliphatic rings. The number of ether oxygens (including phenoxy) is 2. The minimum absolute atomic E-state index is 0.0241. The Labute approximate surface area is 151 Å². The van der Waals surface area contributed by atoms with Crippen LogP contribution < -0.4 is 0 Å². The SMILES string of the molecule is CCN(C(=O)OC(C)(C)C)C(C)C(=O)CCCOCc1ccccc1. The second-order valence-electron chi connectivity index (χ2n) is 7.05. The van der Waals surface area contributed by atoms with Crippen LogP contribution in [0.4, 0.5) is 4.79 Å². The lowest BCUT2D eigenvalue weighted by Gasteiger charge is -2.30. The molecule has 0 bridgehead atoms. The molecule has 140 valence electrons. The largest absolute Gasteiger partial charge is 0.444 e. The Bertz CT molecular complexity index is 536. The number of likely N-dealkylation sites (N-methyl/N-ethyl adjacent to an activating group) is 1. The van der Waals surface area contributed by atoms with Gasteiger partial charge < -0.3 is 9.47 Å². The van der Waals surface area contributed by atoms with Crippen LogP contribution in [0, 0.1) is 0 Å². The van der Waals surface area contributed by atoms with Crippen LogP contribution in [0.15, 0.2) is 30.3 Å².